The van der Waals surface area contributed by atoms with Gasteiger partial charge in [0.15, 0.2) is 5.67 Å². The molecule has 268 valence electrons. The molecular formula is C37H51F2N5O5. The maximum Gasteiger partial charge on any atom is 0.257 e. The van der Waals surface area contributed by atoms with Crippen LogP contribution in [0.2, 0.25) is 0 Å². The largest absolute Gasteiger partial charge is 0.506 e. The number of halogens is 2. The summed E-state index contributed by atoms with van der Waals surface area (Å²) in [5.41, 5.74) is 0.406. The number of hydrogen-bond acceptors (Lipinski definition) is 7. The highest BCUT2D eigenvalue weighted by molar-refractivity contribution is 6.06. The SMILES string of the molecule is CCC1CC(=Nc2c(O)ccc(CNC(=O)C(C)(C)F)c2O)Nc2cc(C(=O)NC3CCCCC3)c(N3CCC(C(C)(C)OF)CC3)cc21. The Morgan fingerprint density at radius 2 is 1.76 bits per heavy atom. The van der Waals surface area contributed by atoms with E-state index >= 15 is 0 Å². The topological polar surface area (TPSA) is 136 Å². The van der Waals surface area contributed by atoms with Gasteiger partial charge in [-0.2, -0.15) is 4.94 Å². The molecule has 2 fully saturated rings. The van der Waals surface area contributed by atoms with E-state index in [1.807, 2.05) is 6.07 Å². The van der Waals surface area contributed by atoms with Crippen molar-refractivity contribution in [1.82, 2.24) is 10.6 Å². The van der Waals surface area contributed by atoms with Crippen molar-refractivity contribution in [2.24, 2.45) is 10.9 Å². The molecule has 0 spiro atoms. The van der Waals surface area contributed by atoms with E-state index < -0.39 is 17.2 Å². The second kappa shape index (κ2) is 14.9. The number of carbonyl (C=O) groups is 2. The first kappa shape index (κ1) is 36.4. The van der Waals surface area contributed by atoms with Gasteiger partial charge in [-0.1, -0.05) is 26.2 Å². The number of piperidine rings is 1. The number of fused-ring (bicyclic) bond motifs is 1. The van der Waals surface area contributed by atoms with Crippen molar-refractivity contribution in [3.05, 3.63) is 41.0 Å². The second-order valence-electron chi connectivity index (χ2n) is 14.8. The van der Waals surface area contributed by atoms with E-state index in [1.54, 1.807) is 13.8 Å². The third-order valence-electron chi connectivity index (χ3n) is 10.5. The van der Waals surface area contributed by atoms with Gasteiger partial charge in [-0.3, -0.25) is 9.59 Å². The number of phenols is 2. The molecule has 1 saturated carbocycles. The van der Waals surface area contributed by atoms with Crippen LogP contribution in [0.3, 0.4) is 0 Å². The third kappa shape index (κ3) is 8.28. The molecule has 5 rings (SSSR count). The number of anilines is 2. The fraction of sp³-hybridized carbons (Fsp3) is 0.595. The van der Waals surface area contributed by atoms with Crippen LogP contribution >= 0.6 is 0 Å². The minimum atomic E-state index is -2.09. The summed E-state index contributed by atoms with van der Waals surface area (Å²) in [6.45, 7) is 9.09. The van der Waals surface area contributed by atoms with Crippen LogP contribution in [0.1, 0.15) is 120 Å². The Labute approximate surface area is 287 Å². The highest BCUT2D eigenvalue weighted by atomic mass is 19.3. The van der Waals surface area contributed by atoms with Crippen molar-refractivity contribution in [3.8, 4) is 11.5 Å². The van der Waals surface area contributed by atoms with Crippen molar-refractivity contribution in [3.63, 3.8) is 0 Å². The number of alkyl halides is 1. The fourth-order valence-electron chi connectivity index (χ4n) is 7.25. The zero-order chi connectivity index (χ0) is 35.5. The summed E-state index contributed by atoms with van der Waals surface area (Å²) in [7, 11) is 0. The van der Waals surface area contributed by atoms with E-state index in [-0.39, 0.29) is 53.1 Å². The summed E-state index contributed by atoms with van der Waals surface area (Å²) in [6.07, 6.45) is 7.95. The van der Waals surface area contributed by atoms with Gasteiger partial charge in [-0.15, -0.1) is 0 Å². The quantitative estimate of drug-likeness (QED) is 0.175. The van der Waals surface area contributed by atoms with Crippen molar-refractivity contribution in [2.75, 3.05) is 23.3 Å². The molecule has 0 bridgehead atoms. The summed E-state index contributed by atoms with van der Waals surface area (Å²) in [4.78, 5) is 37.2. The lowest BCUT2D eigenvalue weighted by Gasteiger charge is -2.40. The molecule has 2 amide bonds. The first-order valence-electron chi connectivity index (χ1n) is 17.6. The molecule has 0 aromatic heterocycles. The minimum absolute atomic E-state index is 0.0270. The molecule has 2 heterocycles. The molecule has 3 aliphatic rings. The van der Waals surface area contributed by atoms with Gasteiger partial charge in [-0.05, 0) is 106 Å². The Morgan fingerprint density at radius 3 is 2.39 bits per heavy atom. The van der Waals surface area contributed by atoms with Crippen LogP contribution in [0.15, 0.2) is 29.3 Å². The molecule has 2 aliphatic heterocycles. The Bertz CT molecular complexity index is 1560. The van der Waals surface area contributed by atoms with Crippen LogP contribution in [0.4, 0.5) is 26.0 Å². The normalized spacial score (nSPS) is 20.1. The molecule has 0 radical (unpaired) electrons. The summed E-state index contributed by atoms with van der Waals surface area (Å²) in [6, 6.07) is 6.92. The van der Waals surface area contributed by atoms with Gasteiger partial charge >= 0.3 is 0 Å². The number of phenolic OH excluding ortho intramolecular Hbond substituents is 2. The molecule has 2 aromatic rings. The summed E-state index contributed by atoms with van der Waals surface area (Å²) >= 11 is 0. The van der Waals surface area contributed by atoms with Gasteiger partial charge in [0.1, 0.15) is 28.6 Å². The van der Waals surface area contributed by atoms with E-state index in [4.69, 9.17) is 0 Å². The predicted molar refractivity (Wildman–Crippen MR) is 187 cm³/mol. The summed E-state index contributed by atoms with van der Waals surface area (Å²) in [5.74, 6) is -0.964. The second-order valence-corrected chi connectivity index (χ2v) is 14.8. The fourth-order valence-corrected chi connectivity index (χ4v) is 7.25. The highest BCUT2D eigenvalue weighted by Gasteiger charge is 2.36. The van der Waals surface area contributed by atoms with Crippen LogP contribution < -0.4 is 20.9 Å². The van der Waals surface area contributed by atoms with E-state index in [2.05, 4.69) is 43.8 Å². The standard InChI is InChI=1S/C37H51F2N5O5/c1-6-22-18-31(43-32-30(45)13-12-23(33(32)46)21-40-35(48)36(2,3)38)42-28-19-27(34(47)41-25-10-8-7-9-11-25)29(20-26(22)28)44-16-14-24(15-17-44)37(4,5)49-39/h12-13,19-20,22,24-25,45-46H,6-11,14-18,21H2,1-5H3,(H,40,48)(H,41,47)(H,42,43). The Morgan fingerprint density at radius 1 is 1.06 bits per heavy atom. The van der Waals surface area contributed by atoms with Crippen molar-refractivity contribution in [2.45, 2.75) is 122 Å². The molecule has 12 heteroatoms. The van der Waals surface area contributed by atoms with Crippen LogP contribution in [0.25, 0.3) is 0 Å². The Kier molecular flexibility index (Phi) is 11.1. The highest BCUT2D eigenvalue weighted by Crippen LogP contribution is 2.44. The first-order chi connectivity index (χ1) is 23.2. The van der Waals surface area contributed by atoms with Crippen LogP contribution in [-0.2, 0) is 16.3 Å². The van der Waals surface area contributed by atoms with Gasteiger partial charge in [0, 0.05) is 49.0 Å². The number of aliphatic imine (C=N–C) groups is 1. The van der Waals surface area contributed by atoms with E-state index in [1.165, 1.54) is 18.6 Å². The maximum absolute atomic E-state index is 14.0. The van der Waals surface area contributed by atoms with Crippen LogP contribution in [-0.4, -0.2) is 58.3 Å². The Balaban J connectivity index is 1.47. The zero-order valence-electron chi connectivity index (χ0n) is 29.3. The zero-order valence-corrected chi connectivity index (χ0v) is 29.3. The number of aromatic hydroxyl groups is 2. The van der Waals surface area contributed by atoms with Gasteiger partial charge in [0.05, 0.1) is 5.56 Å². The number of amidine groups is 1. The van der Waals surface area contributed by atoms with Crippen molar-refractivity contribution in [1.29, 1.82) is 0 Å². The average molecular weight is 684 g/mol. The van der Waals surface area contributed by atoms with Gasteiger partial charge in [-0.25, -0.2) is 9.38 Å². The van der Waals surface area contributed by atoms with Crippen LogP contribution in [0.5, 0.6) is 11.5 Å². The van der Waals surface area contributed by atoms with Gasteiger partial charge in [0.2, 0.25) is 0 Å². The molecule has 5 N–H and O–H groups in total. The monoisotopic (exact) mass is 683 g/mol. The number of carbonyl (C=O) groups excluding carboxylic acids is 2. The smallest absolute Gasteiger partial charge is 0.257 e. The molecule has 1 unspecified atom stereocenters. The maximum atomic E-state index is 14.0. The first-order valence-corrected chi connectivity index (χ1v) is 17.6. The molecule has 1 atom stereocenters. The number of hydrogen-bond donors (Lipinski definition) is 5. The average Bonchev–Trinajstić information content (AvgIpc) is 3.08. The predicted octanol–water partition coefficient (Wildman–Crippen LogP) is 7.46. The Hall–Kier alpha value is -3.93. The summed E-state index contributed by atoms with van der Waals surface area (Å²) in [5, 5.41) is 30.8. The molecule has 1 saturated heterocycles. The number of nitrogens with one attached hydrogen (secondary N) is 3. The van der Waals surface area contributed by atoms with E-state index in [9.17, 15) is 28.7 Å². The minimum Gasteiger partial charge on any atom is -0.506 e. The number of nitrogens with zero attached hydrogens (tertiary/aromatic N) is 2. The van der Waals surface area contributed by atoms with Gasteiger partial charge in [0.25, 0.3) is 11.8 Å². The van der Waals surface area contributed by atoms with Crippen LogP contribution in [0, 0.1) is 5.92 Å². The van der Waals surface area contributed by atoms with E-state index in [0.717, 1.165) is 75.7 Å². The number of amides is 2. The molecule has 49 heavy (non-hydrogen) atoms. The third-order valence-corrected chi connectivity index (χ3v) is 10.5. The molecule has 10 nitrogen and oxygen atoms in total. The molecule has 2 aromatic carbocycles. The lowest BCUT2D eigenvalue weighted by molar-refractivity contribution is -0.244. The van der Waals surface area contributed by atoms with Crippen molar-refractivity contribution < 1.29 is 33.7 Å². The number of rotatable bonds is 10. The molecular weight excluding hydrogens is 632 g/mol. The van der Waals surface area contributed by atoms with Gasteiger partial charge < -0.3 is 31.1 Å². The number of benzene rings is 2. The molecule has 1 aliphatic carbocycles. The summed E-state index contributed by atoms with van der Waals surface area (Å²) < 4.78 is 27.4. The lowest BCUT2D eigenvalue weighted by Crippen LogP contribution is -2.43. The lowest BCUT2D eigenvalue weighted by atomic mass is 9.82. The van der Waals surface area contributed by atoms with Crippen molar-refractivity contribution >= 4 is 34.7 Å². The van der Waals surface area contributed by atoms with E-state index in [0.29, 0.717) is 30.9 Å².